The first-order chi connectivity index (χ1) is 17.3. The van der Waals surface area contributed by atoms with Gasteiger partial charge in [0.15, 0.2) is 0 Å². The number of hydrogen-bond acceptors (Lipinski definition) is 6. The SMILES string of the molecule is Cc1oc2cc3oc(=O)c(CC(=O)N[C@@H](C(=O)[O-])c4ccccc4)c(C)c3cc2c1-c1ccccc1. The fourth-order valence-corrected chi connectivity index (χ4v) is 4.57. The Balaban J connectivity index is 1.54. The second-order valence-corrected chi connectivity index (χ2v) is 8.64. The van der Waals surface area contributed by atoms with Gasteiger partial charge in [-0.1, -0.05) is 60.7 Å². The number of furan rings is 1. The van der Waals surface area contributed by atoms with E-state index in [1.807, 2.05) is 43.3 Å². The molecule has 7 heteroatoms. The minimum absolute atomic E-state index is 0.158. The molecule has 5 aromatic rings. The number of rotatable bonds is 6. The first-order valence-corrected chi connectivity index (χ1v) is 11.4. The number of benzene rings is 3. The molecule has 2 heterocycles. The average molecular weight is 480 g/mol. The van der Waals surface area contributed by atoms with Gasteiger partial charge in [-0.05, 0) is 36.6 Å². The van der Waals surface area contributed by atoms with Crippen LogP contribution in [0.15, 0.2) is 86.4 Å². The Morgan fingerprint density at radius 3 is 2.19 bits per heavy atom. The molecule has 0 bridgehead atoms. The van der Waals surface area contributed by atoms with Gasteiger partial charge in [-0.25, -0.2) is 4.79 Å². The zero-order valence-electron chi connectivity index (χ0n) is 19.7. The summed E-state index contributed by atoms with van der Waals surface area (Å²) in [5.41, 5.74) is 3.33. The zero-order valence-corrected chi connectivity index (χ0v) is 19.7. The summed E-state index contributed by atoms with van der Waals surface area (Å²) in [4.78, 5) is 37.3. The van der Waals surface area contributed by atoms with Gasteiger partial charge >= 0.3 is 5.63 Å². The predicted octanol–water partition coefficient (Wildman–Crippen LogP) is 3.97. The van der Waals surface area contributed by atoms with E-state index in [2.05, 4.69) is 5.32 Å². The Bertz CT molecular complexity index is 1670. The van der Waals surface area contributed by atoms with Gasteiger partial charge in [-0.3, -0.25) is 4.79 Å². The Hall–Kier alpha value is -4.65. The van der Waals surface area contributed by atoms with Gasteiger partial charge in [0.2, 0.25) is 5.91 Å². The van der Waals surface area contributed by atoms with Crippen molar-refractivity contribution in [3.05, 3.63) is 106 Å². The fraction of sp³-hybridized carbons (Fsp3) is 0.138. The lowest BCUT2D eigenvalue weighted by Gasteiger charge is -2.20. The normalized spacial score (nSPS) is 12.1. The first-order valence-electron chi connectivity index (χ1n) is 11.4. The van der Waals surface area contributed by atoms with E-state index < -0.39 is 23.5 Å². The number of aryl methyl sites for hydroxylation is 2. The number of nitrogens with one attached hydrogen (secondary N) is 1. The first kappa shape index (κ1) is 23.1. The van der Waals surface area contributed by atoms with E-state index in [1.165, 1.54) is 0 Å². The van der Waals surface area contributed by atoms with Crippen LogP contribution >= 0.6 is 0 Å². The van der Waals surface area contributed by atoms with Gasteiger partial charge in [0.1, 0.15) is 16.9 Å². The van der Waals surface area contributed by atoms with Crippen molar-refractivity contribution in [1.29, 1.82) is 0 Å². The quantitative estimate of drug-likeness (QED) is 0.368. The lowest BCUT2D eigenvalue weighted by Crippen LogP contribution is -2.42. The monoisotopic (exact) mass is 480 g/mol. The van der Waals surface area contributed by atoms with Crippen molar-refractivity contribution in [2.24, 2.45) is 0 Å². The lowest BCUT2D eigenvalue weighted by atomic mass is 9.98. The van der Waals surface area contributed by atoms with Gasteiger partial charge in [-0.15, -0.1) is 0 Å². The third-order valence-corrected chi connectivity index (χ3v) is 6.35. The molecule has 0 radical (unpaired) electrons. The second-order valence-electron chi connectivity index (χ2n) is 8.64. The molecule has 0 aliphatic heterocycles. The topological polar surface area (TPSA) is 113 Å². The molecule has 1 atom stereocenters. The maximum Gasteiger partial charge on any atom is 0.340 e. The highest BCUT2D eigenvalue weighted by molar-refractivity contribution is 6.03. The molecular formula is C29H22NO6-. The molecule has 0 spiro atoms. The van der Waals surface area contributed by atoms with Gasteiger partial charge in [-0.2, -0.15) is 0 Å². The number of aliphatic carboxylic acids is 1. The fourth-order valence-electron chi connectivity index (χ4n) is 4.57. The van der Waals surface area contributed by atoms with Crippen LogP contribution in [0.25, 0.3) is 33.1 Å². The van der Waals surface area contributed by atoms with Crippen LogP contribution in [0.4, 0.5) is 0 Å². The van der Waals surface area contributed by atoms with Gasteiger partial charge in [0, 0.05) is 22.4 Å². The van der Waals surface area contributed by atoms with E-state index in [4.69, 9.17) is 8.83 Å². The molecule has 1 amide bonds. The van der Waals surface area contributed by atoms with E-state index in [-0.39, 0.29) is 12.0 Å². The van der Waals surface area contributed by atoms with E-state index >= 15 is 0 Å². The van der Waals surface area contributed by atoms with Crippen LogP contribution in [-0.4, -0.2) is 11.9 Å². The molecule has 180 valence electrons. The van der Waals surface area contributed by atoms with E-state index in [0.717, 1.165) is 22.3 Å². The highest BCUT2D eigenvalue weighted by Crippen LogP contribution is 2.37. The van der Waals surface area contributed by atoms with Gasteiger partial charge < -0.3 is 24.1 Å². The molecule has 0 unspecified atom stereocenters. The molecule has 2 aromatic heterocycles. The summed E-state index contributed by atoms with van der Waals surface area (Å²) in [6.45, 7) is 3.63. The van der Waals surface area contributed by atoms with E-state index in [9.17, 15) is 19.5 Å². The Morgan fingerprint density at radius 2 is 1.53 bits per heavy atom. The molecule has 7 nitrogen and oxygen atoms in total. The molecular weight excluding hydrogens is 458 g/mol. The predicted molar refractivity (Wildman–Crippen MR) is 133 cm³/mol. The highest BCUT2D eigenvalue weighted by Gasteiger charge is 2.21. The van der Waals surface area contributed by atoms with Crippen LogP contribution in [0.2, 0.25) is 0 Å². The zero-order chi connectivity index (χ0) is 25.4. The van der Waals surface area contributed by atoms with Crippen molar-refractivity contribution in [1.82, 2.24) is 5.32 Å². The summed E-state index contributed by atoms with van der Waals surface area (Å²) in [6, 6.07) is 20.3. The Kier molecular flexibility index (Phi) is 5.90. The van der Waals surface area contributed by atoms with Crippen molar-refractivity contribution in [3.8, 4) is 11.1 Å². The summed E-state index contributed by atoms with van der Waals surface area (Å²) in [7, 11) is 0. The lowest BCUT2D eigenvalue weighted by molar-refractivity contribution is -0.308. The Labute approximate surface area is 206 Å². The molecule has 0 aliphatic carbocycles. The maximum atomic E-state index is 12.8. The maximum absolute atomic E-state index is 12.8. The van der Waals surface area contributed by atoms with Crippen molar-refractivity contribution in [2.45, 2.75) is 26.3 Å². The smallest absolute Gasteiger partial charge is 0.340 e. The second kappa shape index (κ2) is 9.19. The third kappa shape index (κ3) is 4.15. The van der Waals surface area contributed by atoms with Crippen LogP contribution in [0.5, 0.6) is 0 Å². The van der Waals surface area contributed by atoms with Crippen LogP contribution < -0.4 is 16.0 Å². The number of carbonyl (C=O) groups is 2. The molecule has 0 aliphatic rings. The standard InChI is InChI=1S/C29H23NO6/c1-16-20-13-22-24(35-17(2)26(22)18-9-5-3-6-10-18)15-23(20)36-29(34)21(16)14-25(31)30-27(28(32)33)19-11-7-4-8-12-19/h3-13,15,27H,14H2,1-2H3,(H,30,31)(H,32,33)/p-1/t27-/m1/s1. The van der Waals surface area contributed by atoms with E-state index in [1.54, 1.807) is 43.3 Å². The molecule has 1 N–H and O–H groups in total. The number of fused-ring (bicyclic) bond motifs is 2. The highest BCUT2D eigenvalue weighted by atomic mass is 16.4. The number of hydrogen-bond donors (Lipinski definition) is 1. The largest absolute Gasteiger partial charge is 0.548 e. The van der Waals surface area contributed by atoms with Crippen LogP contribution in [0.3, 0.4) is 0 Å². The van der Waals surface area contributed by atoms with Gasteiger partial charge in [0.05, 0.1) is 24.0 Å². The number of carboxylic acid groups (broad SMARTS) is 1. The summed E-state index contributed by atoms with van der Waals surface area (Å²) < 4.78 is 11.5. The minimum Gasteiger partial charge on any atom is -0.548 e. The molecule has 3 aromatic carbocycles. The van der Waals surface area contributed by atoms with Crippen molar-refractivity contribution in [3.63, 3.8) is 0 Å². The molecule has 36 heavy (non-hydrogen) atoms. The molecule has 5 rings (SSSR count). The summed E-state index contributed by atoms with van der Waals surface area (Å²) in [5.74, 6) is -1.34. The minimum atomic E-state index is -1.44. The van der Waals surface area contributed by atoms with Crippen LogP contribution in [-0.2, 0) is 16.0 Å². The van der Waals surface area contributed by atoms with Crippen molar-refractivity contribution in [2.75, 3.05) is 0 Å². The summed E-state index contributed by atoms with van der Waals surface area (Å²) in [6.07, 6.45) is -0.339. The van der Waals surface area contributed by atoms with Crippen LogP contribution in [0, 0.1) is 13.8 Å². The third-order valence-electron chi connectivity index (χ3n) is 6.35. The number of carboxylic acids is 1. The molecule has 0 saturated heterocycles. The molecule has 0 saturated carbocycles. The number of carbonyl (C=O) groups excluding carboxylic acids is 2. The number of amides is 1. The van der Waals surface area contributed by atoms with Crippen molar-refractivity contribution < 1.29 is 23.5 Å². The van der Waals surface area contributed by atoms with Crippen LogP contribution in [0.1, 0.15) is 28.5 Å². The Morgan fingerprint density at radius 1 is 0.889 bits per heavy atom. The van der Waals surface area contributed by atoms with Crippen molar-refractivity contribution >= 4 is 33.8 Å². The summed E-state index contributed by atoms with van der Waals surface area (Å²) in [5, 5.41) is 15.6. The molecule has 0 fully saturated rings. The van der Waals surface area contributed by atoms with Gasteiger partial charge in [0.25, 0.3) is 0 Å². The average Bonchev–Trinajstić information content (AvgIpc) is 3.19. The summed E-state index contributed by atoms with van der Waals surface area (Å²) >= 11 is 0. The van der Waals surface area contributed by atoms with E-state index in [0.29, 0.717) is 27.7 Å².